The summed E-state index contributed by atoms with van der Waals surface area (Å²) in [6.07, 6.45) is 0. The third kappa shape index (κ3) is 2.61. The molecule has 0 radical (unpaired) electrons. The predicted molar refractivity (Wildman–Crippen MR) is 65.7 cm³/mol. The molecule has 0 bridgehead atoms. The molecule has 0 saturated carbocycles. The van der Waals surface area contributed by atoms with Gasteiger partial charge in [0.2, 0.25) is 0 Å². The number of methoxy groups -OCH3 is 2. The molecular weight excluding hydrogens is 237 g/mol. The predicted octanol–water partition coefficient (Wildman–Crippen LogP) is 2.03. The lowest BCUT2D eigenvalue weighted by atomic mass is 9.81. The molecule has 0 aliphatic carbocycles. The van der Waals surface area contributed by atoms with Crippen LogP contribution in [0.2, 0.25) is 0 Å². The first-order valence-corrected chi connectivity index (χ1v) is 5.52. The van der Waals surface area contributed by atoms with Crippen molar-refractivity contribution in [1.29, 1.82) is 0 Å². The van der Waals surface area contributed by atoms with Gasteiger partial charge in [-0.25, -0.2) is 4.39 Å². The maximum absolute atomic E-state index is 13.8. The van der Waals surface area contributed by atoms with E-state index in [1.54, 1.807) is 13.8 Å². The first kappa shape index (κ1) is 14.4. The van der Waals surface area contributed by atoms with Crippen molar-refractivity contribution >= 4 is 5.97 Å². The second kappa shape index (κ2) is 5.35. The van der Waals surface area contributed by atoms with Crippen LogP contribution in [0, 0.1) is 11.2 Å². The van der Waals surface area contributed by atoms with E-state index in [0.29, 0.717) is 5.75 Å². The fraction of sp³-hybridized carbons (Fsp3) is 0.462. The summed E-state index contributed by atoms with van der Waals surface area (Å²) in [4.78, 5) is 11.7. The minimum Gasteiger partial charge on any atom is -0.497 e. The summed E-state index contributed by atoms with van der Waals surface area (Å²) >= 11 is 0. The van der Waals surface area contributed by atoms with Gasteiger partial charge in [0.1, 0.15) is 11.6 Å². The summed E-state index contributed by atoms with van der Waals surface area (Å²) in [5, 5.41) is 0. The maximum atomic E-state index is 13.8. The highest BCUT2D eigenvalue weighted by Crippen LogP contribution is 2.35. The van der Waals surface area contributed by atoms with E-state index in [4.69, 9.17) is 10.5 Å². The van der Waals surface area contributed by atoms with Crippen molar-refractivity contribution in [2.45, 2.75) is 19.9 Å². The fourth-order valence-corrected chi connectivity index (χ4v) is 1.67. The number of benzene rings is 1. The number of nitrogens with two attached hydrogens (primary N) is 1. The lowest BCUT2D eigenvalue weighted by Crippen LogP contribution is -2.37. The number of rotatable bonds is 4. The van der Waals surface area contributed by atoms with Crippen LogP contribution in [0.4, 0.5) is 4.39 Å². The minimum atomic E-state index is -1.03. The van der Waals surface area contributed by atoms with E-state index in [0.717, 1.165) is 0 Å². The molecule has 0 heterocycles. The Kier molecular flexibility index (Phi) is 4.29. The molecule has 1 aromatic rings. The topological polar surface area (TPSA) is 61.5 Å². The average Bonchev–Trinajstić information content (AvgIpc) is 2.37. The first-order chi connectivity index (χ1) is 8.34. The lowest BCUT2D eigenvalue weighted by molar-refractivity contribution is -0.152. The average molecular weight is 255 g/mol. The van der Waals surface area contributed by atoms with Crippen molar-refractivity contribution in [1.82, 2.24) is 0 Å². The van der Waals surface area contributed by atoms with Gasteiger partial charge in [-0.05, 0) is 32.0 Å². The molecule has 2 N–H and O–H groups in total. The van der Waals surface area contributed by atoms with Gasteiger partial charge in [0.15, 0.2) is 0 Å². The Hall–Kier alpha value is -1.62. The normalized spacial score (nSPS) is 13.0. The number of carbonyl (C=O) groups excluding carboxylic acids is 1. The summed E-state index contributed by atoms with van der Waals surface area (Å²) in [6.45, 7) is 3.23. The Morgan fingerprint density at radius 3 is 2.50 bits per heavy atom. The highest BCUT2D eigenvalue weighted by Gasteiger charge is 2.38. The summed E-state index contributed by atoms with van der Waals surface area (Å²) < 4.78 is 23.5. The smallest absolute Gasteiger partial charge is 0.313 e. The first-order valence-electron chi connectivity index (χ1n) is 5.52. The molecule has 0 fully saturated rings. The van der Waals surface area contributed by atoms with Crippen LogP contribution in [0.25, 0.3) is 0 Å². The molecule has 0 unspecified atom stereocenters. The fourth-order valence-electron chi connectivity index (χ4n) is 1.67. The Bertz CT molecular complexity index is 446. The van der Waals surface area contributed by atoms with Crippen molar-refractivity contribution in [2.24, 2.45) is 11.1 Å². The zero-order chi connectivity index (χ0) is 13.9. The van der Waals surface area contributed by atoms with E-state index in [9.17, 15) is 9.18 Å². The van der Waals surface area contributed by atoms with Gasteiger partial charge in [0.05, 0.1) is 19.6 Å². The van der Waals surface area contributed by atoms with Gasteiger partial charge in [-0.3, -0.25) is 4.79 Å². The number of hydrogen-bond acceptors (Lipinski definition) is 4. The lowest BCUT2D eigenvalue weighted by Gasteiger charge is -2.29. The van der Waals surface area contributed by atoms with Gasteiger partial charge < -0.3 is 15.2 Å². The molecule has 1 rings (SSSR count). The summed E-state index contributed by atoms with van der Waals surface area (Å²) in [5.74, 6) is -0.472. The third-order valence-corrected chi connectivity index (χ3v) is 3.03. The molecule has 0 saturated heterocycles. The standard InChI is InChI=1S/C13H18FNO3/c1-13(2,12(16)18-4)11(15)9-7-8(17-3)5-6-10(9)14/h5-7,11H,15H2,1-4H3/t11-/m0/s1. The molecule has 0 spiro atoms. The third-order valence-electron chi connectivity index (χ3n) is 3.03. The van der Waals surface area contributed by atoms with E-state index in [1.165, 1.54) is 32.4 Å². The van der Waals surface area contributed by atoms with E-state index in [2.05, 4.69) is 4.74 Å². The van der Waals surface area contributed by atoms with Crippen LogP contribution in [0.5, 0.6) is 5.75 Å². The van der Waals surface area contributed by atoms with E-state index < -0.39 is 23.2 Å². The molecule has 0 aromatic heterocycles. The number of carbonyl (C=O) groups is 1. The van der Waals surface area contributed by atoms with E-state index >= 15 is 0 Å². The molecule has 0 amide bonds. The van der Waals surface area contributed by atoms with Crippen LogP contribution >= 0.6 is 0 Å². The molecule has 5 heteroatoms. The Morgan fingerprint density at radius 2 is 2.00 bits per heavy atom. The number of ether oxygens (including phenoxy) is 2. The summed E-state index contributed by atoms with van der Waals surface area (Å²) in [6, 6.07) is 3.43. The van der Waals surface area contributed by atoms with Crippen LogP contribution in [0.3, 0.4) is 0 Å². The van der Waals surface area contributed by atoms with Crippen LogP contribution in [-0.2, 0) is 9.53 Å². The van der Waals surface area contributed by atoms with Crippen LogP contribution in [0.1, 0.15) is 25.5 Å². The van der Waals surface area contributed by atoms with Crippen molar-refractivity contribution in [3.8, 4) is 5.75 Å². The minimum absolute atomic E-state index is 0.227. The Labute approximate surface area is 106 Å². The molecule has 1 atom stereocenters. The molecular formula is C13H18FNO3. The quantitative estimate of drug-likeness (QED) is 0.836. The molecule has 4 nitrogen and oxygen atoms in total. The summed E-state index contributed by atoms with van der Waals surface area (Å²) in [5.41, 5.74) is 5.18. The number of esters is 1. The molecule has 0 aliphatic rings. The van der Waals surface area contributed by atoms with E-state index in [-0.39, 0.29) is 5.56 Å². The van der Waals surface area contributed by atoms with Gasteiger partial charge >= 0.3 is 5.97 Å². The van der Waals surface area contributed by atoms with Crippen molar-refractivity contribution in [3.05, 3.63) is 29.6 Å². The van der Waals surface area contributed by atoms with Gasteiger partial charge in [0.25, 0.3) is 0 Å². The van der Waals surface area contributed by atoms with Crippen LogP contribution < -0.4 is 10.5 Å². The Morgan fingerprint density at radius 1 is 1.39 bits per heavy atom. The van der Waals surface area contributed by atoms with Gasteiger partial charge in [-0.2, -0.15) is 0 Å². The zero-order valence-electron chi connectivity index (χ0n) is 11.0. The monoisotopic (exact) mass is 255 g/mol. The van der Waals surface area contributed by atoms with Gasteiger partial charge in [-0.1, -0.05) is 0 Å². The SMILES string of the molecule is COC(=O)C(C)(C)[C@@H](N)c1cc(OC)ccc1F. The highest BCUT2D eigenvalue weighted by atomic mass is 19.1. The van der Waals surface area contributed by atoms with Crippen LogP contribution in [-0.4, -0.2) is 20.2 Å². The van der Waals surface area contributed by atoms with E-state index in [1.807, 2.05) is 0 Å². The van der Waals surface area contributed by atoms with Gasteiger partial charge in [0, 0.05) is 11.6 Å². The second-order valence-electron chi connectivity index (χ2n) is 4.58. The Balaban J connectivity index is 3.17. The largest absolute Gasteiger partial charge is 0.497 e. The van der Waals surface area contributed by atoms with Crippen molar-refractivity contribution in [3.63, 3.8) is 0 Å². The number of halogens is 1. The molecule has 18 heavy (non-hydrogen) atoms. The van der Waals surface area contributed by atoms with Crippen molar-refractivity contribution < 1.29 is 18.7 Å². The summed E-state index contributed by atoms with van der Waals surface area (Å²) in [7, 11) is 2.76. The highest BCUT2D eigenvalue weighted by molar-refractivity contribution is 5.77. The van der Waals surface area contributed by atoms with Crippen LogP contribution in [0.15, 0.2) is 18.2 Å². The zero-order valence-corrected chi connectivity index (χ0v) is 11.0. The molecule has 0 aliphatic heterocycles. The number of hydrogen-bond donors (Lipinski definition) is 1. The van der Waals surface area contributed by atoms with Crippen molar-refractivity contribution in [2.75, 3.05) is 14.2 Å². The molecule has 100 valence electrons. The molecule has 1 aromatic carbocycles. The van der Waals surface area contributed by atoms with Gasteiger partial charge in [-0.15, -0.1) is 0 Å². The maximum Gasteiger partial charge on any atom is 0.313 e. The second-order valence-corrected chi connectivity index (χ2v) is 4.58.